The SMILES string of the molecule is FC(F)(F)C1CCCC(NC(=NCc2cccs2)NCCc2ccco2)C1.I. The largest absolute Gasteiger partial charge is 0.469 e. The van der Waals surface area contributed by atoms with Gasteiger partial charge >= 0.3 is 6.18 Å². The molecule has 2 heterocycles. The van der Waals surface area contributed by atoms with Gasteiger partial charge in [-0.05, 0) is 42.8 Å². The molecule has 0 amide bonds. The second-order valence-corrected chi connectivity index (χ2v) is 7.78. The Kier molecular flexibility index (Phi) is 9.13. The average Bonchev–Trinajstić information content (AvgIpc) is 3.33. The van der Waals surface area contributed by atoms with Gasteiger partial charge in [-0.2, -0.15) is 13.2 Å². The summed E-state index contributed by atoms with van der Waals surface area (Å²) in [6, 6.07) is 7.46. The molecule has 0 bridgehead atoms. The Balaban J connectivity index is 0.00000280. The van der Waals surface area contributed by atoms with Crippen molar-refractivity contribution in [1.29, 1.82) is 0 Å². The number of hydrogen-bond donors (Lipinski definition) is 2. The summed E-state index contributed by atoms with van der Waals surface area (Å²) in [5.74, 6) is 0.183. The van der Waals surface area contributed by atoms with Gasteiger partial charge in [0, 0.05) is 23.9 Å². The van der Waals surface area contributed by atoms with Crippen molar-refractivity contribution in [2.45, 2.75) is 50.9 Å². The Morgan fingerprint density at radius 1 is 1.25 bits per heavy atom. The maximum atomic E-state index is 13.1. The van der Waals surface area contributed by atoms with E-state index in [-0.39, 0.29) is 42.9 Å². The summed E-state index contributed by atoms with van der Waals surface area (Å²) in [4.78, 5) is 5.67. The lowest BCUT2D eigenvalue weighted by Gasteiger charge is -2.32. The monoisotopic (exact) mass is 527 g/mol. The first-order valence-electron chi connectivity index (χ1n) is 9.17. The zero-order chi connectivity index (χ0) is 19.1. The van der Waals surface area contributed by atoms with Gasteiger partial charge in [-0.3, -0.25) is 0 Å². The quantitative estimate of drug-likeness (QED) is 0.302. The van der Waals surface area contributed by atoms with Crippen LogP contribution in [0.5, 0.6) is 0 Å². The van der Waals surface area contributed by atoms with E-state index < -0.39 is 12.1 Å². The van der Waals surface area contributed by atoms with Crippen LogP contribution in [0.3, 0.4) is 0 Å². The van der Waals surface area contributed by atoms with Gasteiger partial charge in [-0.15, -0.1) is 35.3 Å². The first kappa shape index (κ1) is 23.1. The molecule has 156 valence electrons. The van der Waals surface area contributed by atoms with E-state index in [1.165, 1.54) is 0 Å². The summed E-state index contributed by atoms with van der Waals surface area (Å²) >= 11 is 1.61. The number of thiophene rings is 1. The molecule has 2 atom stereocenters. The smallest absolute Gasteiger partial charge is 0.391 e. The zero-order valence-corrected chi connectivity index (χ0v) is 18.5. The van der Waals surface area contributed by atoms with E-state index in [9.17, 15) is 13.2 Å². The number of nitrogens with zero attached hydrogens (tertiary/aromatic N) is 1. The van der Waals surface area contributed by atoms with Crippen LogP contribution in [0.15, 0.2) is 45.3 Å². The number of rotatable bonds is 6. The molecule has 0 aliphatic heterocycles. The number of hydrogen-bond acceptors (Lipinski definition) is 3. The molecule has 0 saturated heterocycles. The molecule has 2 N–H and O–H groups in total. The van der Waals surface area contributed by atoms with E-state index in [2.05, 4.69) is 15.6 Å². The van der Waals surface area contributed by atoms with Crippen LogP contribution in [0, 0.1) is 5.92 Å². The first-order valence-corrected chi connectivity index (χ1v) is 10.0. The second-order valence-electron chi connectivity index (χ2n) is 6.75. The summed E-state index contributed by atoms with van der Waals surface area (Å²) in [7, 11) is 0. The van der Waals surface area contributed by atoms with Crippen LogP contribution >= 0.6 is 35.3 Å². The molecule has 1 fully saturated rings. The van der Waals surface area contributed by atoms with Crippen LogP contribution in [0.25, 0.3) is 0 Å². The lowest BCUT2D eigenvalue weighted by atomic mass is 9.85. The molecule has 2 aromatic rings. The third-order valence-electron chi connectivity index (χ3n) is 4.70. The molecule has 2 unspecified atom stereocenters. The Bertz CT molecular complexity index is 705. The highest BCUT2D eigenvalue weighted by Crippen LogP contribution is 2.37. The van der Waals surface area contributed by atoms with Gasteiger partial charge in [0.25, 0.3) is 0 Å². The molecule has 4 nitrogen and oxygen atoms in total. The van der Waals surface area contributed by atoms with Crippen LogP contribution in [0.2, 0.25) is 0 Å². The summed E-state index contributed by atoms with van der Waals surface area (Å²) in [5.41, 5.74) is 0. The van der Waals surface area contributed by atoms with Crippen LogP contribution < -0.4 is 10.6 Å². The molecular weight excluding hydrogens is 502 g/mol. The highest BCUT2D eigenvalue weighted by atomic mass is 127. The predicted molar refractivity (Wildman–Crippen MR) is 116 cm³/mol. The molecule has 1 saturated carbocycles. The van der Waals surface area contributed by atoms with Crippen molar-refractivity contribution in [3.63, 3.8) is 0 Å². The summed E-state index contributed by atoms with van der Waals surface area (Å²) in [6.45, 7) is 1.10. The van der Waals surface area contributed by atoms with Gasteiger partial charge in [-0.25, -0.2) is 4.99 Å². The number of guanidine groups is 1. The first-order chi connectivity index (χ1) is 13.0. The van der Waals surface area contributed by atoms with Gasteiger partial charge in [0.1, 0.15) is 5.76 Å². The van der Waals surface area contributed by atoms with Crippen molar-refractivity contribution in [3.05, 3.63) is 46.5 Å². The minimum atomic E-state index is -4.12. The van der Waals surface area contributed by atoms with E-state index in [0.29, 0.717) is 31.9 Å². The highest BCUT2D eigenvalue weighted by Gasteiger charge is 2.42. The molecule has 2 aromatic heterocycles. The molecule has 0 spiro atoms. The molecule has 1 aliphatic carbocycles. The van der Waals surface area contributed by atoms with Crippen molar-refractivity contribution in [3.8, 4) is 0 Å². The van der Waals surface area contributed by atoms with Gasteiger partial charge in [-0.1, -0.05) is 12.5 Å². The van der Waals surface area contributed by atoms with Crippen molar-refractivity contribution in [2.75, 3.05) is 6.54 Å². The number of furan rings is 1. The van der Waals surface area contributed by atoms with Crippen molar-refractivity contribution < 1.29 is 17.6 Å². The lowest BCUT2D eigenvalue weighted by molar-refractivity contribution is -0.183. The van der Waals surface area contributed by atoms with E-state index >= 15 is 0 Å². The zero-order valence-electron chi connectivity index (χ0n) is 15.4. The van der Waals surface area contributed by atoms with Gasteiger partial charge < -0.3 is 15.1 Å². The molecular formula is C19H25F3IN3OS. The molecule has 1 aliphatic rings. The van der Waals surface area contributed by atoms with Crippen LogP contribution in [0.4, 0.5) is 13.2 Å². The van der Waals surface area contributed by atoms with E-state index in [1.807, 2.05) is 29.6 Å². The Morgan fingerprint density at radius 3 is 2.79 bits per heavy atom. The summed E-state index contributed by atoms with van der Waals surface area (Å²) < 4.78 is 44.5. The minimum absolute atomic E-state index is 0. The number of aliphatic imine (C=N–C) groups is 1. The van der Waals surface area contributed by atoms with Crippen LogP contribution in [0.1, 0.15) is 36.3 Å². The van der Waals surface area contributed by atoms with E-state index in [4.69, 9.17) is 4.42 Å². The van der Waals surface area contributed by atoms with Gasteiger partial charge in [0.15, 0.2) is 5.96 Å². The lowest BCUT2D eigenvalue weighted by Crippen LogP contribution is -2.47. The summed E-state index contributed by atoms with van der Waals surface area (Å²) in [5, 5.41) is 8.42. The molecule has 28 heavy (non-hydrogen) atoms. The van der Waals surface area contributed by atoms with Crippen LogP contribution in [-0.4, -0.2) is 24.7 Å². The number of halogens is 4. The fourth-order valence-electron chi connectivity index (χ4n) is 3.28. The van der Waals surface area contributed by atoms with Crippen molar-refractivity contribution in [2.24, 2.45) is 10.9 Å². The van der Waals surface area contributed by atoms with Crippen LogP contribution in [-0.2, 0) is 13.0 Å². The van der Waals surface area contributed by atoms with Gasteiger partial charge in [0.2, 0.25) is 0 Å². The van der Waals surface area contributed by atoms with Crippen molar-refractivity contribution >= 4 is 41.3 Å². The molecule has 3 rings (SSSR count). The number of alkyl halides is 3. The maximum Gasteiger partial charge on any atom is 0.391 e. The van der Waals surface area contributed by atoms with Crippen molar-refractivity contribution in [1.82, 2.24) is 10.6 Å². The fourth-order valence-corrected chi connectivity index (χ4v) is 3.91. The second kappa shape index (κ2) is 11.1. The fraction of sp³-hybridized carbons (Fsp3) is 0.526. The Labute approximate surface area is 184 Å². The minimum Gasteiger partial charge on any atom is -0.469 e. The molecule has 9 heteroatoms. The Morgan fingerprint density at radius 2 is 2.11 bits per heavy atom. The van der Waals surface area contributed by atoms with Gasteiger partial charge in [0.05, 0.1) is 18.7 Å². The standard InChI is InChI=1S/C19H24F3N3OS.HI/c20-19(21,22)14-4-1-5-15(12-14)25-18(24-13-17-7-3-11-27-17)23-9-8-16-6-2-10-26-16;/h2-3,6-7,10-11,14-15H,1,4-5,8-9,12-13H2,(H2,23,24,25);1H. The third kappa shape index (κ3) is 7.31. The van der Waals surface area contributed by atoms with E-state index in [0.717, 1.165) is 17.1 Å². The topological polar surface area (TPSA) is 49.6 Å². The molecule has 0 aromatic carbocycles. The predicted octanol–water partition coefficient (Wildman–Crippen LogP) is 5.36. The highest BCUT2D eigenvalue weighted by molar-refractivity contribution is 14.0. The normalized spacial score (nSPS) is 20.5. The average molecular weight is 527 g/mol. The maximum absolute atomic E-state index is 13.1. The number of nitrogens with one attached hydrogen (secondary N) is 2. The third-order valence-corrected chi connectivity index (χ3v) is 5.56. The summed E-state index contributed by atoms with van der Waals surface area (Å²) in [6.07, 6.45) is -0.198. The van der Waals surface area contributed by atoms with E-state index in [1.54, 1.807) is 17.6 Å². The molecule has 0 radical (unpaired) electrons. The Hall–Kier alpha value is -1.23.